The highest BCUT2D eigenvalue weighted by Crippen LogP contribution is 2.45. The van der Waals surface area contributed by atoms with Crippen molar-refractivity contribution in [2.24, 2.45) is 0 Å². The fraction of sp³-hybridized carbons (Fsp3) is 0.263. The Balaban J connectivity index is 2.18. The van der Waals surface area contributed by atoms with Gasteiger partial charge in [0.05, 0.1) is 17.7 Å². The van der Waals surface area contributed by atoms with E-state index in [2.05, 4.69) is 27.4 Å². The molecule has 1 heterocycles. The van der Waals surface area contributed by atoms with E-state index in [9.17, 15) is 0 Å². The van der Waals surface area contributed by atoms with Crippen LogP contribution in [0.15, 0.2) is 30.3 Å². The third-order valence-electron chi connectivity index (χ3n) is 4.20. The van der Waals surface area contributed by atoms with Gasteiger partial charge in [0.1, 0.15) is 11.4 Å². The number of aryl methyl sites for hydroxylation is 1. The van der Waals surface area contributed by atoms with Crippen molar-refractivity contribution in [3.8, 4) is 29.0 Å². The molecule has 1 aliphatic rings. The van der Waals surface area contributed by atoms with Gasteiger partial charge in [-0.15, -0.1) is 9.24 Å². The van der Waals surface area contributed by atoms with Gasteiger partial charge in [0.15, 0.2) is 0 Å². The van der Waals surface area contributed by atoms with Gasteiger partial charge < -0.3 is 4.74 Å². The fourth-order valence-electron chi connectivity index (χ4n) is 3.02. The van der Waals surface area contributed by atoms with E-state index >= 15 is 0 Å². The van der Waals surface area contributed by atoms with Crippen LogP contribution in [0.25, 0.3) is 11.1 Å². The number of nitriles is 2. The molecule has 1 atom stereocenters. The standard InChI is InChI=1S/C19H17N2OP/c1-19(2)16-8-12(11-21)5-6-14(16)15-10-18(23)13(4-3-7-20)9-17(15)22-19/h5-6,8-10H,3-4,23H2,1-2H3. The van der Waals surface area contributed by atoms with Gasteiger partial charge in [-0.05, 0) is 61.0 Å². The molecule has 1 aliphatic heterocycles. The predicted molar refractivity (Wildman–Crippen MR) is 93.5 cm³/mol. The normalized spacial score (nSPS) is 14.0. The largest absolute Gasteiger partial charge is 0.482 e. The molecule has 23 heavy (non-hydrogen) atoms. The summed E-state index contributed by atoms with van der Waals surface area (Å²) in [7, 11) is 2.75. The SMILES string of the molecule is CC1(C)Oc2cc(CCC#N)c(P)cc2-c2ccc(C#N)cc21. The van der Waals surface area contributed by atoms with Crippen molar-refractivity contribution in [1.29, 1.82) is 10.5 Å². The molecule has 0 fully saturated rings. The molecule has 2 aromatic carbocycles. The maximum absolute atomic E-state index is 9.15. The van der Waals surface area contributed by atoms with Gasteiger partial charge in [0.25, 0.3) is 0 Å². The maximum atomic E-state index is 9.15. The number of fused-ring (bicyclic) bond motifs is 3. The van der Waals surface area contributed by atoms with E-state index in [1.54, 1.807) is 0 Å². The smallest absolute Gasteiger partial charge is 0.129 e. The third-order valence-corrected chi connectivity index (χ3v) is 4.74. The van der Waals surface area contributed by atoms with E-state index in [0.717, 1.165) is 33.3 Å². The molecule has 4 heteroatoms. The number of ether oxygens (including phenoxy) is 1. The summed E-state index contributed by atoms with van der Waals surface area (Å²) in [6, 6.07) is 14.3. The summed E-state index contributed by atoms with van der Waals surface area (Å²) in [5, 5.41) is 19.0. The summed E-state index contributed by atoms with van der Waals surface area (Å²) in [6.07, 6.45) is 1.21. The Morgan fingerprint density at radius 2 is 1.91 bits per heavy atom. The summed E-state index contributed by atoms with van der Waals surface area (Å²) >= 11 is 0. The summed E-state index contributed by atoms with van der Waals surface area (Å²) in [6.45, 7) is 4.03. The van der Waals surface area contributed by atoms with Gasteiger partial charge in [-0.25, -0.2) is 0 Å². The Labute approximate surface area is 138 Å². The summed E-state index contributed by atoms with van der Waals surface area (Å²) in [4.78, 5) is 0. The number of benzene rings is 2. The lowest BCUT2D eigenvalue weighted by molar-refractivity contribution is 0.105. The van der Waals surface area contributed by atoms with Gasteiger partial charge in [-0.1, -0.05) is 6.07 Å². The van der Waals surface area contributed by atoms with Crippen LogP contribution < -0.4 is 10.0 Å². The highest BCUT2D eigenvalue weighted by molar-refractivity contribution is 7.27. The van der Waals surface area contributed by atoms with Crippen molar-refractivity contribution >= 4 is 14.5 Å². The second-order valence-electron chi connectivity index (χ2n) is 6.19. The summed E-state index contributed by atoms with van der Waals surface area (Å²) in [5.41, 5.74) is 4.42. The van der Waals surface area contributed by atoms with Crippen LogP contribution in [0.5, 0.6) is 5.75 Å². The fourth-order valence-corrected chi connectivity index (χ4v) is 3.41. The second-order valence-corrected chi connectivity index (χ2v) is 6.81. The molecule has 3 rings (SSSR count). The lowest BCUT2D eigenvalue weighted by Gasteiger charge is -2.35. The van der Waals surface area contributed by atoms with E-state index < -0.39 is 5.60 Å². The minimum Gasteiger partial charge on any atom is -0.482 e. The van der Waals surface area contributed by atoms with Crippen LogP contribution in [-0.2, 0) is 12.0 Å². The van der Waals surface area contributed by atoms with Crippen LogP contribution in [0, 0.1) is 22.7 Å². The topological polar surface area (TPSA) is 56.8 Å². The molecule has 3 nitrogen and oxygen atoms in total. The number of nitrogens with zero attached hydrogens (tertiary/aromatic N) is 2. The minimum absolute atomic E-state index is 0.492. The monoisotopic (exact) mass is 320 g/mol. The molecule has 0 spiro atoms. The van der Waals surface area contributed by atoms with Gasteiger partial charge in [-0.2, -0.15) is 10.5 Å². The molecule has 0 aliphatic carbocycles. The van der Waals surface area contributed by atoms with E-state index in [0.29, 0.717) is 18.4 Å². The van der Waals surface area contributed by atoms with Crippen molar-refractivity contribution in [3.05, 3.63) is 47.0 Å². The molecule has 0 aromatic heterocycles. The van der Waals surface area contributed by atoms with Crippen LogP contribution >= 0.6 is 9.24 Å². The molecule has 0 N–H and O–H groups in total. The van der Waals surface area contributed by atoms with E-state index in [1.807, 2.05) is 38.1 Å². The molecule has 0 bridgehead atoms. The molecule has 114 valence electrons. The zero-order chi connectivity index (χ0) is 16.6. The van der Waals surface area contributed by atoms with Crippen LogP contribution in [-0.4, -0.2) is 0 Å². The number of rotatable bonds is 2. The first kappa shape index (κ1) is 15.5. The molecule has 2 aromatic rings. The first-order valence-corrected chi connectivity index (χ1v) is 8.07. The van der Waals surface area contributed by atoms with Gasteiger partial charge >= 0.3 is 0 Å². The lowest BCUT2D eigenvalue weighted by Crippen LogP contribution is -2.30. The highest BCUT2D eigenvalue weighted by atomic mass is 31.0. The van der Waals surface area contributed by atoms with Gasteiger partial charge in [0, 0.05) is 17.5 Å². The molecule has 1 unspecified atom stereocenters. The van der Waals surface area contributed by atoms with Crippen LogP contribution in [0.3, 0.4) is 0 Å². The molecular formula is C19H17N2OP. The van der Waals surface area contributed by atoms with Crippen molar-refractivity contribution in [2.45, 2.75) is 32.3 Å². The first-order chi connectivity index (χ1) is 11.0. The Hall–Kier alpha value is -2.35. The average molecular weight is 320 g/mol. The van der Waals surface area contributed by atoms with E-state index in [4.69, 9.17) is 15.3 Å². The van der Waals surface area contributed by atoms with Crippen molar-refractivity contribution < 1.29 is 4.74 Å². The predicted octanol–water partition coefficient (Wildman–Crippen LogP) is 3.81. The zero-order valence-corrected chi connectivity index (χ0v) is 14.3. The van der Waals surface area contributed by atoms with Crippen molar-refractivity contribution in [2.75, 3.05) is 0 Å². The average Bonchev–Trinajstić information content (AvgIpc) is 2.53. The quantitative estimate of drug-likeness (QED) is 0.791. The molecule has 0 amide bonds. The van der Waals surface area contributed by atoms with Crippen LogP contribution in [0.4, 0.5) is 0 Å². The molecular weight excluding hydrogens is 303 g/mol. The Morgan fingerprint density at radius 3 is 2.61 bits per heavy atom. The van der Waals surface area contributed by atoms with E-state index in [-0.39, 0.29) is 0 Å². The van der Waals surface area contributed by atoms with E-state index in [1.165, 1.54) is 0 Å². The summed E-state index contributed by atoms with van der Waals surface area (Å²) in [5.74, 6) is 0.839. The van der Waals surface area contributed by atoms with Gasteiger partial charge in [-0.3, -0.25) is 0 Å². The Morgan fingerprint density at radius 1 is 1.13 bits per heavy atom. The minimum atomic E-state index is -0.496. The van der Waals surface area contributed by atoms with Crippen LogP contribution in [0.1, 0.15) is 37.0 Å². The van der Waals surface area contributed by atoms with Crippen LogP contribution in [0.2, 0.25) is 0 Å². The third kappa shape index (κ3) is 2.70. The second kappa shape index (κ2) is 5.69. The number of hydrogen-bond donors (Lipinski definition) is 0. The van der Waals surface area contributed by atoms with Gasteiger partial charge in [0.2, 0.25) is 0 Å². The molecule has 0 radical (unpaired) electrons. The van der Waals surface area contributed by atoms with Crippen molar-refractivity contribution in [1.82, 2.24) is 0 Å². The molecule has 0 saturated heterocycles. The zero-order valence-electron chi connectivity index (χ0n) is 13.2. The lowest BCUT2D eigenvalue weighted by atomic mass is 9.84. The molecule has 0 saturated carbocycles. The number of hydrogen-bond acceptors (Lipinski definition) is 3. The Bertz CT molecular complexity index is 872. The highest BCUT2D eigenvalue weighted by Gasteiger charge is 2.33. The Kier molecular flexibility index (Phi) is 3.85. The first-order valence-electron chi connectivity index (χ1n) is 7.49. The summed E-state index contributed by atoms with van der Waals surface area (Å²) < 4.78 is 6.22. The van der Waals surface area contributed by atoms with Crippen molar-refractivity contribution in [3.63, 3.8) is 0 Å². The maximum Gasteiger partial charge on any atom is 0.129 e.